The van der Waals surface area contributed by atoms with Crippen LogP contribution in [-0.2, 0) is 9.59 Å². The highest BCUT2D eigenvalue weighted by Crippen LogP contribution is 2.55. The maximum Gasteiger partial charge on any atom is 0.326 e. The number of piperidine rings is 1. The summed E-state index contributed by atoms with van der Waals surface area (Å²) >= 11 is 0. The first kappa shape index (κ1) is 18.4. The number of carboxylic acid groups (broad SMARTS) is 1. The van der Waals surface area contributed by atoms with Crippen LogP contribution in [0.25, 0.3) is 0 Å². The zero-order chi connectivity index (χ0) is 18.9. The maximum atomic E-state index is 12.8. The zero-order valence-corrected chi connectivity index (χ0v) is 15.3. The van der Waals surface area contributed by atoms with Crippen LogP contribution in [0.2, 0.25) is 0 Å². The molecule has 6 nitrogen and oxygen atoms in total. The summed E-state index contributed by atoms with van der Waals surface area (Å²) in [6.07, 6.45) is 3.96. The van der Waals surface area contributed by atoms with Gasteiger partial charge in [0.1, 0.15) is 6.04 Å². The van der Waals surface area contributed by atoms with Gasteiger partial charge in [-0.3, -0.25) is 9.59 Å². The second kappa shape index (κ2) is 7.09. The van der Waals surface area contributed by atoms with Gasteiger partial charge in [-0.15, -0.1) is 0 Å². The van der Waals surface area contributed by atoms with Crippen LogP contribution < -0.4 is 5.32 Å². The molecule has 2 N–H and O–H groups in total. The average molecular weight is 358 g/mol. The molecule has 1 aliphatic heterocycles. The van der Waals surface area contributed by atoms with Crippen molar-refractivity contribution >= 4 is 23.5 Å². The van der Waals surface area contributed by atoms with Gasteiger partial charge in [0, 0.05) is 23.7 Å². The third-order valence-corrected chi connectivity index (χ3v) is 5.90. The van der Waals surface area contributed by atoms with Crippen LogP contribution in [0.4, 0.5) is 5.69 Å². The van der Waals surface area contributed by atoms with Gasteiger partial charge < -0.3 is 15.3 Å². The van der Waals surface area contributed by atoms with Gasteiger partial charge in [0.05, 0.1) is 0 Å². The zero-order valence-electron chi connectivity index (χ0n) is 15.3. The summed E-state index contributed by atoms with van der Waals surface area (Å²) in [6, 6.07) is 6.00. The highest BCUT2D eigenvalue weighted by atomic mass is 16.4. The molecule has 3 atom stereocenters. The molecule has 0 bridgehead atoms. The quantitative estimate of drug-likeness (QED) is 0.846. The Hall–Kier alpha value is -2.37. The Labute approximate surface area is 153 Å². The Morgan fingerprint density at radius 3 is 2.73 bits per heavy atom. The van der Waals surface area contributed by atoms with Gasteiger partial charge in [-0.05, 0) is 55.7 Å². The largest absolute Gasteiger partial charge is 0.480 e. The molecule has 3 rings (SSSR count). The number of nitrogens with one attached hydrogen (secondary N) is 1. The Bertz CT molecular complexity index is 732. The maximum absolute atomic E-state index is 12.8. The molecule has 0 spiro atoms. The molecule has 3 unspecified atom stereocenters. The summed E-state index contributed by atoms with van der Waals surface area (Å²) in [5, 5.41) is 12.3. The van der Waals surface area contributed by atoms with E-state index in [4.69, 9.17) is 0 Å². The van der Waals surface area contributed by atoms with Gasteiger partial charge in [0.25, 0.3) is 5.91 Å². The van der Waals surface area contributed by atoms with Gasteiger partial charge in [-0.25, -0.2) is 4.79 Å². The normalized spacial score (nSPS) is 27.7. The summed E-state index contributed by atoms with van der Waals surface area (Å²) in [5.41, 5.74) is 1.07. The van der Waals surface area contributed by atoms with Crippen molar-refractivity contribution in [2.75, 3.05) is 11.9 Å². The Morgan fingerprint density at radius 1 is 1.31 bits per heavy atom. The SMILES string of the molecule is CCC1(C)CC1C(=O)Nc1cccc(C(=O)N2CCCCC2C(=O)O)c1. The van der Waals surface area contributed by atoms with Crippen molar-refractivity contribution in [2.24, 2.45) is 11.3 Å². The first-order valence-electron chi connectivity index (χ1n) is 9.30. The molecule has 1 saturated carbocycles. The molecule has 1 heterocycles. The third kappa shape index (κ3) is 3.59. The number of rotatable bonds is 5. The number of hydrogen-bond donors (Lipinski definition) is 2. The predicted octanol–water partition coefficient (Wildman–Crippen LogP) is 3.14. The van der Waals surface area contributed by atoms with E-state index in [9.17, 15) is 19.5 Å². The topological polar surface area (TPSA) is 86.7 Å². The van der Waals surface area contributed by atoms with Crippen molar-refractivity contribution in [3.8, 4) is 0 Å². The number of benzene rings is 1. The summed E-state index contributed by atoms with van der Waals surface area (Å²) in [4.78, 5) is 38.1. The van der Waals surface area contributed by atoms with Crippen molar-refractivity contribution in [1.29, 1.82) is 0 Å². The minimum atomic E-state index is -0.963. The van der Waals surface area contributed by atoms with E-state index in [1.807, 2.05) is 0 Å². The highest BCUT2D eigenvalue weighted by Gasteiger charge is 2.52. The second-order valence-electron chi connectivity index (χ2n) is 7.68. The predicted molar refractivity (Wildman–Crippen MR) is 97.9 cm³/mol. The van der Waals surface area contributed by atoms with Gasteiger partial charge in [0.15, 0.2) is 0 Å². The van der Waals surface area contributed by atoms with Crippen molar-refractivity contribution < 1.29 is 19.5 Å². The molecule has 1 aliphatic carbocycles. The van der Waals surface area contributed by atoms with Crippen molar-refractivity contribution in [1.82, 2.24) is 4.90 Å². The Morgan fingerprint density at radius 2 is 2.08 bits per heavy atom. The molecule has 1 saturated heterocycles. The van der Waals surface area contributed by atoms with Crippen LogP contribution in [0, 0.1) is 11.3 Å². The van der Waals surface area contributed by atoms with Crippen LogP contribution in [0.15, 0.2) is 24.3 Å². The number of carboxylic acids is 1. The van der Waals surface area contributed by atoms with Gasteiger partial charge in [0.2, 0.25) is 5.91 Å². The number of aliphatic carboxylic acids is 1. The van der Waals surface area contributed by atoms with Crippen LogP contribution in [-0.4, -0.2) is 40.4 Å². The molecule has 0 radical (unpaired) electrons. The number of anilines is 1. The second-order valence-corrected chi connectivity index (χ2v) is 7.68. The molecule has 2 amide bonds. The molecule has 0 aromatic heterocycles. The smallest absolute Gasteiger partial charge is 0.326 e. The lowest BCUT2D eigenvalue weighted by atomic mass is 10.0. The summed E-state index contributed by atoms with van der Waals surface area (Å²) < 4.78 is 0. The van der Waals surface area contributed by atoms with E-state index >= 15 is 0 Å². The van der Waals surface area contributed by atoms with Crippen LogP contribution in [0.3, 0.4) is 0 Å². The Kier molecular flexibility index (Phi) is 5.03. The molecular weight excluding hydrogens is 332 g/mol. The number of carbonyl (C=O) groups is 3. The number of nitrogens with zero attached hydrogens (tertiary/aromatic N) is 1. The molecule has 140 valence electrons. The fourth-order valence-electron chi connectivity index (χ4n) is 3.76. The fraction of sp³-hybridized carbons (Fsp3) is 0.550. The van der Waals surface area contributed by atoms with E-state index < -0.39 is 12.0 Å². The van der Waals surface area contributed by atoms with E-state index in [1.54, 1.807) is 24.3 Å². The first-order valence-corrected chi connectivity index (χ1v) is 9.30. The lowest BCUT2D eigenvalue weighted by Crippen LogP contribution is -2.48. The summed E-state index contributed by atoms with van der Waals surface area (Å²) in [6.45, 7) is 4.65. The van der Waals surface area contributed by atoms with E-state index in [1.165, 1.54) is 4.90 Å². The summed E-state index contributed by atoms with van der Waals surface area (Å²) in [7, 11) is 0. The molecule has 6 heteroatoms. The Balaban J connectivity index is 1.71. The lowest BCUT2D eigenvalue weighted by molar-refractivity contribution is -0.143. The van der Waals surface area contributed by atoms with Gasteiger partial charge >= 0.3 is 5.97 Å². The van der Waals surface area contributed by atoms with Crippen LogP contribution in [0.1, 0.15) is 56.3 Å². The van der Waals surface area contributed by atoms with E-state index in [0.717, 1.165) is 25.7 Å². The highest BCUT2D eigenvalue weighted by molar-refractivity contribution is 5.99. The standard InChI is InChI=1S/C20H26N2O4/c1-3-20(2)12-15(20)17(23)21-14-8-6-7-13(11-14)18(24)22-10-5-4-9-16(22)19(25)26/h6-8,11,15-16H,3-5,9-10,12H2,1-2H3,(H,21,23)(H,25,26). The molecule has 2 aliphatic rings. The van der Waals surface area contributed by atoms with Crippen LogP contribution >= 0.6 is 0 Å². The minimum absolute atomic E-state index is 0.0136. The number of likely N-dealkylation sites (tertiary alicyclic amines) is 1. The molecule has 1 aromatic rings. The van der Waals surface area contributed by atoms with Crippen molar-refractivity contribution in [3.05, 3.63) is 29.8 Å². The number of carbonyl (C=O) groups excluding carboxylic acids is 2. The van der Waals surface area contributed by atoms with E-state index in [2.05, 4.69) is 19.2 Å². The molecule has 2 fully saturated rings. The number of amides is 2. The average Bonchev–Trinajstić information content (AvgIpc) is 3.34. The van der Waals surface area contributed by atoms with Crippen molar-refractivity contribution in [2.45, 2.75) is 52.0 Å². The van der Waals surface area contributed by atoms with Gasteiger partial charge in [-0.1, -0.05) is 19.9 Å². The van der Waals surface area contributed by atoms with Crippen molar-refractivity contribution in [3.63, 3.8) is 0 Å². The van der Waals surface area contributed by atoms with Gasteiger partial charge in [-0.2, -0.15) is 0 Å². The molecule has 26 heavy (non-hydrogen) atoms. The van der Waals surface area contributed by atoms with Crippen LogP contribution in [0.5, 0.6) is 0 Å². The third-order valence-electron chi connectivity index (χ3n) is 5.90. The van der Waals surface area contributed by atoms with E-state index in [0.29, 0.717) is 24.2 Å². The molecular formula is C20H26N2O4. The number of hydrogen-bond acceptors (Lipinski definition) is 3. The minimum Gasteiger partial charge on any atom is -0.480 e. The lowest BCUT2D eigenvalue weighted by Gasteiger charge is -2.33. The fourth-order valence-corrected chi connectivity index (χ4v) is 3.76. The van der Waals surface area contributed by atoms with E-state index in [-0.39, 0.29) is 23.1 Å². The molecule has 1 aromatic carbocycles. The first-order chi connectivity index (χ1) is 12.4. The monoisotopic (exact) mass is 358 g/mol. The summed E-state index contributed by atoms with van der Waals surface area (Å²) in [5.74, 6) is -1.25.